The Labute approximate surface area is 119 Å². The number of hydrogen-bond donors (Lipinski definition) is 1. The van der Waals surface area contributed by atoms with Crippen LogP contribution in [-0.2, 0) is 0 Å². The third kappa shape index (κ3) is 2.94. The number of hydrogen-bond acceptors (Lipinski definition) is 3. The largest absolute Gasteiger partial charge is 0.309 e. The van der Waals surface area contributed by atoms with Crippen LogP contribution in [0.2, 0.25) is 5.02 Å². The molecule has 17 heavy (non-hydrogen) atoms. The van der Waals surface area contributed by atoms with E-state index in [1.165, 1.54) is 6.33 Å². The van der Waals surface area contributed by atoms with Gasteiger partial charge in [-0.2, -0.15) is 0 Å². The molecule has 88 valence electrons. The third-order valence-corrected chi connectivity index (χ3v) is 3.69. The summed E-state index contributed by atoms with van der Waals surface area (Å²) < 4.78 is 1.16. The molecule has 0 saturated heterocycles. The van der Waals surface area contributed by atoms with Crippen molar-refractivity contribution in [2.24, 2.45) is 0 Å². The maximum Gasteiger partial charge on any atom is 0.115 e. The normalized spacial score (nSPS) is 12.4. The number of nitrogens with zero attached hydrogens (tertiary/aromatic N) is 2. The summed E-state index contributed by atoms with van der Waals surface area (Å²) in [6.07, 6.45) is 5.15. The molecule has 1 unspecified atom stereocenters. The average molecular weight is 360 g/mol. The van der Waals surface area contributed by atoms with Crippen molar-refractivity contribution >= 4 is 34.2 Å². The van der Waals surface area contributed by atoms with Crippen molar-refractivity contribution in [1.82, 2.24) is 15.3 Å². The van der Waals surface area contributed by atoms with E-state index < -0.39 is 0 Å². The summed E-state index contributed by atoms with van der Waals surface area (Å²) in [7, 11) is 1.91. The molecule has 2 rings (SSSR count). The minimum Gasteiger partial charge on any atom is -0.309 e. The predicted octanol–water partition coefficient (Wildman–Crippen LogP) is 3.04. The fourth-order valence-corrected chi connectivity index (χ4v) is 2.52. The topological polar surface area (TPSA) is 37.8 Å². The summed E-state index contributed by atoms with van der Waals surface area (Å²) >= 11 is 8.35. The van der Waals surface area contributed by atoms with Gasteiger partial charge in [-0.3, -0.25) is 0 Å². The molecule has 1 atom stereocenters. The van der Waals surface area contributed by atoms with Crippen LogP contribution in [0, 0.1) is 3.57 Å². The van der Waals surface area contributed by atoms with E-state index in [-0.39, 0.29) is 6.04 Å². The van der Waals surface area contributed by atoms with Crippen LogP contribution in [0.15, 0.2) is 36.9 Å². The highest BCUT2D eigenvalue weighted by molar-refractivity contribution is 14.1. The van der Waals surface area contributed by atoms with Crippen LogP contribution in [0.1, 0.15) is 17.2 Å². The first kappa shape index (κ1) is 12.7. The van der Waals surface area contributed by atoms with Gasteiger partial charge in [0, 0.05) is 26.5 Å². The molecule has 0 spiro atoms. The molecule has 1 N–H and O–H groups in total. The Morgan fingerprint density at radius 1 is 1.29 bits per heavy atom. The highest BCUT2D eigenvalue weighted by Gasteiger charge is 2.15. The summed E-state index contributed by atoms with van der Waals surface area (Å²) in [5.41, 5.74) is 2.16. The van der Waals surface area contributed by atoms with E-state index in [2.05, 4.69) is 37.9 Å². The Morgan fingerprint density at radius 3 is 2.65 bits per heavy atom. The Bertz CT molecular complexity index is 504. The number of aromatic nitrogens is 2. The Kier molecular flexibility index (Phi) is 4.31. The standard InChI is InChI=1S/C12H11ClIN3/c1-15-12(8-5-16-7-17-6-8)10-4-9(13)2-3-11(10)14/h2-7,12,15H,1H3. The van der Waals surface area contributed by atoms with E-state index in [0.717, 1.165) is 19.7 Å². The Morgan fingerprint density at radius 2 is 2.00 bits per heavy atom. The van der Waals surface area contributed by atoms with E-state index in [9.17, 15) is 0 Å². The quantitative estimate of drug-likeness (QED) is 0.856. The van der Waals surface area contributed by atoms with Crippen LogP contribution in [0.5, 0.6) is 0 Å². The molecule has 0 aliphatic rings. The highest BCUT2D eigenvalue weighted by Crippen LogP contribution is 2.27. The molecule has 0 bridgehead atoms. The highest BCUT2D eigenvalue weighted by atomic mass is 127. The number of nitrogens with one attached hydrogen (secondary N) is 1. The summed E-state index contributed by atoms with van der Waals surface area (Å²) in [6.45, 7) is 0. The maximum absolute atomic E-state index is 6.04. The molecular weight excluding hydrogens is 349 g/mol. The van der Waals surface area contributed by atoms with Gasteiger partial charge in [-0.05, 0) is 53.4 Å². The van der Waals surface area contributed by atoms with Crippen molar-refractivity contribution in [3.8, 4) is 0 Å². The molecule has 5 heteroatoms. The van der Waals surface area contributed by atoms with Gasteiger partial charge in [-0.1, -0.05) is 11.6 Å². The third-order valence-electron chi connectivity index (χ3n) is 2.47. The lowest BCUT2D eigenvalue weighted by molar-refractivity contribution is 0.681. The van der Waals surface area contributed by atoms with Gasteiger partial charge in [0.1, 0.15) is 6.33 Å². The summed E-state index contributed by atoms with van der Waals surface area (Å²) in [4.78, 5) is 8.09. The molecule has 3 nitrogen and oxygen atoms in total. The van der Waals surface area contributed by atoms with Gasteiger partial charge in [0.05, 0.1) is 6.04 Å². The van der Waals surface area contributed by atoms with Crippen LogP contribution in [0.3, 0.4) is 0 Å². The summed E-state index contributed by atoms with van der Waals surface area (Å²) in [6, 6.07) is 5.92. The zero-order valence-electron chi connectivity index (χ0n) is 9.19. The zero-order chi connectivity index (χ0) is 12.3. The van der Waals surface area contributed by atoms with Crippen LogP contribution in [0.25, 0.3) is 0 Å². The lowest BCUT2D eigenvalue weighted by atomic mass is 10.0. The van der Waals surface area contributed by atoms with Crippen molar-refractivity contribution in [3.63, 3.8) is 0 Å². The van der Waals surface area contributed by atoms with Gasteiger partial charge in [0.15, 0.2) is 0 Å². The molecule has 0 aliphatic heterocycles. The van der Waals surface area contributed by atoms with E-state index >= 15 is 0 Å². The van der Waals surface area contributed by atoms with Crippen molar-refractivity contribution in [2.45, 2.75) is 6.04 Å². The first-order chi connectivity index (χ1) is 8.22. The van der Waals surface area contributed by atoms with Crippen LogP contribution in [-0.4, -0.2) is 17.0 Å². The second-order valence-electron chi connectivity index (χ2n) is 3.56. The van der Waals surface area contributed by atoms with Crippen LogP contribution < -0.4 is 5.32 Å². The van der Waals surface area contributed by atoms with Crippen molar-refractivity contribution in [3.05, 3.63) is 56.6 Å². The molecule has 0 saturated carbocycles. The molecule has 0 fully saturated rings. The van der Waals surface area contributed by atoms with Crippen molar-refractivity contribution in [2.75, 3.05) is 7.05 Å². The van der Waals surface area contributed by atoms with E-state index in [1.807, 2.05) is 37.6 Å². The summed E-state index contributed by atoms with van der Waals surface area (Å²) in [5.74, 6) is 0. The number of benzene rings is 1. The predicted molar refractivity (Wildman–Crippen MR) is 77.1 cm³/mol. The van der Waals surface area contributed by atoms with E-state index in [4.69, 9.17) is 11.6 Å². The molecule has 0 aliphatic carbocycles. The zero-order valence-corrected chi connectivity index (χ0v) is 12.1. The molecule has 2 aromatic rings. The molecular formula is C12H11ClIN3. The van der Waals surface area contributed by atoms with Gasteiger partial charge < -0.3 is 5.32 Å². The molecule has 1 aromatic carbocycles. The van der Waals surface area contributed by atoms with Crippen LogP contribution >= 0.6 is 34.2 Å². The maximum atomic E-state index is 6.04. The second-order valence-corrected chi connectivity index (χ2v) is 5.16. The first-order valence-electron chi connectivity index (χ1n) is 5.09. The van der Waals surface area contributed by atoms with Crippen molar-refractivity contribution in [1.29, 1.82) is 0 Å². The average Bonchev–Trinajstić information content (AvgIpc) is 2.36. The van der Waals surface area contributed by atoms with Gasteiger partial charge in [0.25, 0.3) is 0 Å². The minimum absolute atomic E-state index is 0.0572. The van der Waals surface area contributed by atoms with Gasteiger partial charge in [-0.25, -0.2) is 9.97 Å². The number of rotatable bonds is 3. The Hall–Kier alpha value is -0.720. The fourth-order valence-electron chi connectivity index (χ4n) is 1.70. The van der Waals surface area contributed by atoms with Crippen LogP contribution in [0.4, 0.5) is 0 Å². The Balaban J connectivity index is 2.46. The SMILES string of the molecule is CNC(c1cncnc1)c1cc(Cl)ccc1I. The monoisotopic (exact) mass is 359 g/mol. The molecule has 1 heterocycles. The van der Waals surface area contributed by atoms with Gasteiger partial charge in [-0.15, -0.1) is 0 Å². The minimum atomic E-state index is 0.0572. The van der Waals surface area contributed by atoms with E-state index in [0.29, 0.717) is 0 Å². The lowest BCUT2D eigenvalue weighted by Crippen LogP contribution is -2.19. The number of halogens is 2. The fraction of sp³-hybridized carbons (Fsp3) is 0.167. The smallest absolute Gasteiger partial charge is 0.115 e. The first-order valence-corrected chi connectivity index (χ1v) is 6.55. The van der Waals surface area contributed by atoms with Crippen molar-refractivity contribution < 1.29 is 0 Å². The summed E-state index contributed by atoms with van der Waals surface area (Å²) in [5, 5.41) is 3.99. The van der Waals surface area contributed by atoms with Gasteiger partial charge in [0.2, 0.25) is 0 Å². The lowest BCUT2D eigenvalue weighted by Gasteiger charge is -2.18. The van der Waals surface area contributed by atoms with E-state index in [1.54, 1.807) is 0 Å². The molecule has 1 aromatic heterocycles. The second kappa shape index (κ2) is 5.75. The molecule has 0 radical (unpaired) electrons. The van der Waals surface area contributed by atoms with Gasteiger partial charge >= 0.3 is 0 Å². The molecule has 0 amide bonds.